The van der Waals surface area contributed by atoms with Crippen molar-refractivity contribution in [3.63, 3.8) is 0 Å². The van der Waals surface area contributed by atoms with Crippen molar-refractivity contribution < 1.29 is 82.7 Å². The number of carbonyl (C=O) groups excluding carboxylic acids is 3. The number of hydrogen-bond acceptors (Lipinski definition) is 9. The quantitative estimate of drug-likeness (QED) is 0.0972. The molecule has 3 fully saturated rings. The van der Waals surface area contributed by atoms with Crippen LogP contribution in [0.25, 0.3) is 14.5 Å². The SMILES string of the molecule is [C-]#[N+]c1ccc(N2C(=O)O[C@@H](C)[C@@H]2C(C)O[Si](C)(C)C)cc1C(F)(F)F.[C-]#[N+]c1ccc(N2C(=O)O[C@@H](C)[C@@H]2[C@@H](C)O)cc1C(F)(F)F.[C-]#[N+]c1ccc(N2C(=O)O[C@@H](C)[C@@H]2[C@H](C)O)cc1C(F)(F)F. The topological polar surface area (TPSA) is 151 Å². The van der Waals surface area contributed by atoms with Gasteiger partial charge in [-0.25, -0.2) is 28.9 Å². The summed E-state index contributed by atoms with van der Waals surface area (Å²) in [5.41, 5.74) is -5.04. The van der Waals surface area contributed by atoms with Gasteiger partial charge in [-0.05, 0) is 97.6 Å². The Kier molecular flexibility index (Phi) is 16.9. The Morgan fingerprint density at radius 1 is 0.543 bits per heavy atom. The third-order valence-corrected chi connectivity index (χ3v) is 11.9. The van der Waals surface area contributed by atoms with Crippen LogP contribution in [-0.4, -0.2) is 91.6 Å². The van der Waals surface area contributed by atoms with E-state index in [1.54, 1.807) is 27.7 Å². The van der Waals surface area contributed by atoms with Crippen LogP contribution in [0, 0.1) is 19.7 Å². The summed E-state index contributed by atoms with van der Waals surface area (Å²) in [4.78, 5) is 47.8. The molecule has 15 nitrogen and oxygen atoms in total. The number of rotatable bonds is 8. The third kappa shape index (κ3) is 12.6. The molecule has 3 aromatic carbocycles. The van der Waals surface area contributed by atoms with Crippen molar-refractivity contribution in [3.05, 3.63) is 106 Å². The molecule has 6 rings (SSSR count). The van der Waals surface area contributed by atoms with E-state index < -0.39 is 134 Å². The lowest BCUT2D eigenvalue weighted by Gasteiger charge is -2.33. The second-order valence-electron chi connectivity index (χ2n) is 17.2. The molecule has 3 aliphatic rings. The average Bonchev–Trinajstić information content (AvgIpc) is 3.84. The van der Waals surface area contributed by atoms with E-state index in [0.29, 0.717) is 0 Å². The first kappa shape index (κ1) is 56.0. The zero-order valence-electron chi connectivity index (χ0n) is 38.7. The minimum atomic E-state index is -4.72. The van der Waals surface area contributed by atoms with Crippen LogP contribution in [-0.2, 0) is 37.2 Å². The standard InChI is InChI=1S/C17H21F3N2O3Si.2C14H13F3N2O3/c1-10-15(11(2)25-26(4,5)6)22(16(23)24-10)12-7-8-14(21-3)13(9-12)17(18,19)20;2*1-7(20)12-8(2)22-13(21)19(12)9-4-5-11(18-3)10(6-9)14(15,16)17/h7-11,15H,1-2,4-6H3;2*4-8,12,20H,1-2H3/t10-,11?,15+;7-,8+,12+;7-,8-,12-/m010/s1. The number of benzene rings is 3. The maximum Gasteiger partial charge on any atom is 0.415 e. The van der Waals surface area contributed by atoms with Gasteiger partial charge in [0, 0.05) is 17.1 Å². The first-order valence-electron chi connectivity index (χ1n) is 21.0. The normalized spacial score (nSPS) is 22.8. The van der Waals surface area contributed by atoms with Gasteiger partial charge in [0.05, 0.1) is 54.7 Å². The average molecular weight is 1010 g/mol. The molecule has 9 atom stereocenters. The molecule has 0 aliphatic carbocycles. The van der Waals surface area contributed by atoms with Gasteiger partial charge in [-0.2, -0.15) is 39.5 Å². The van der Waals surface area contributed by atoms with E-state index in [2.05, 4.69) is 14.5 Å². The van der Waals surface area contributed by atoms with Crippen LogP contribution in [0.4, 0.5) is 88.0 Å². The van der Waals surface area contributed by atoms with Crippen LogP contribution in [0.15, 0.2) is 54.6 Å². The molecule has 0 aromatic heterocycles. The van der Waals surface area contributed by atoms with Crippen molar-refractivity contribution in [1.29, 1.82) is 0 Å². The van der Waals surface area contributed by atoms with Gasteiger partial charge in [0.15, 0.2) is 25.4 Å². The van der Waals surface area contributed by atoms with Crippen LogP contribution in [0.2, 0.25) is 19.6 Å². The first-order chi connectivity index (χ1) is 32.2. The molecular formula is C45H47F9N6O9Si. The molecule has 3 saturated heterocycles. The number of carbonyl (C=O) groups is 3. The fraction of sp³-hybridized carbons (Fsp3) is 0.467. The maximum absolute atomic E-state index is 13.3. The number of aliphatic hydroxyl groups excluding tert-OH is 2. The second-order valence-corrected chi connectivity index (χ2v) is 21.7. The van der Waals surface area contributed by atoms with E-state index >= 15 is 0 Å². The molecule has 0 spiro atoms. The molecule has 3 aromatic rings. The van der Waals surface area contributed by atoms with Crippen LogP contribution < -0.4 is 14.7 Å². The highest BCUT2D eigenvalue weighted by Gasteiger charge is 2.48. The Balaban J connectivity index is 0.000000230. The number of anilines is 3. The lowest BCUT2D eigenvalue weighted by Crippen LogP contribution is -2.48. The van der Waals surface area contributed by atoms with E-state index in [0.717, 1.165) is 46.2 Å². The molecule has 25 heteroatoms. The van der Waals surface area contributed by atoms with Gasteiger partial charge in [-0.15, -0.1) is 0 Å². The third-order valence-electron chi connectivity index (χ3n) is 10.8. The number of aliphatic hydroxyl groups is 2. The second kappa shape index (κ2) is 21.2. The minimum absolute atomic E-state index is 0.0371. The lowest BCUT2D eigenvalue weighted by molar-refractivity contribution is -0.137. The Morgan fingerprint density at radius 3 is 1.03 bits per heavy atom. The number of nitrogens with zero attached hydrogens (tertiary/aromatic N) is 6. The highest BCUT2D eigenvalue weighted by Crippen LogP contribution is 2.43. The van der Waals surface area contributed by atoms with Crippen molar-refractivity contribution in [3.8, 4) is 0 Å². The number of halogens is 9. The summed E-state index contributed by atoms with van der Waals surface area (Å²) in [7, 11) is -1.94. The van der Waals surface area contributed by atoms with Gasteiger partial charge in [-0.1, -0.05) is 18.2 Å². The fourth-order valence-electron chi connectivity index (χ4n) is 8.11. The fourth-order valence-corrected chi connectivity index (χ4v) is 9.37. The van der Waals surface area contributed by atoms with Gasteiger partial charge >= 0.3 is 36.8 Å². The van der Waals surface area contributed by atoms with Gasteiger partial charge < -0.3 is 28.8 Å². The zero-order chi connectivity index (χ0) is 53.2. The number of alkyl halides is 9. The van der Waals surface area contributed by atoms with Crippen molar-refractivity contribution in [1.82, 2.24) is 0 Å². The summed E-state index contributed by atoms with van der Waals surface area (Å²) in [6, 6.07) is 6.98. The van der Waals surface area contributed by atoms with E-state index in [1.165, 1.54) is 36.9 Å². The van der Waals surface area contributed by atoms with E-state index in [9.17, 15) is 64.1 Å². The minimum Gasteiger partial charge on any atom is -0.444 e. The Bertz CT molecular complexity index is 2460. The molecule has 3 amide bonds. The smallest absolute Gasteiger partial charge is 0.415 e. The maximum atomic E-state index is 13.3. The van der Waals surface area contributed by atoms with Crippen molar-refractivity contribution in [2.75, 3.05) is 14.7 Å². The van der Waals surface area contributed by atoms with Crippen molar-refractivity contribution in [2.45, 2.75) is 134 Å². The Hall–Kier alpha value is -6.59. The van der Waals surface area contributed by atoms with Gasteiger partial charge in [-0.3, -0.25) is 14.7 Å². The number of hydrogen-bond donors (Lipinski definition) is 2. The summed E-state index contributed by atoms with van der Waals surface area (Å²) >= 11 is 0. The Morgan fingerprint density at radius 2 is 0.800 bits per heavy atom. The number of ether oxygens (including phenoxy) is 3. The zero-order valence-corrected chi connectivity index (χ0v) is 39.7. The van der Waals surface area contributed by atoms with Crippen LogP contribution in [0.5, 0.6) is 0 Å². The summed E-state index contributed by atoms with van der Waals surface area (Å²) < 4.78 is 139. The summed E-state index contributed by atoms with van der Waals surface area (Å²) in [6.07, 6.45) is -20.8. The highest BCUT2D eigenvalue weighted by molar-refractivity contribution is 6.69. The molecule has 0 saturated carbocycles. The van der Waals surface area contributed by atoms with Crippen LogP contribution in [0.3, 0.4) is 0 Å². The molecule has 3 aliphatic heterocycles. The largest absolute Gasteiger partial charge is 0.444 e. The highest BCUT2D eigenvalue weighted by atomic mass is 28.4. The predicted octanol–water partition coefficient (Wildman–Crippen LogP) is 11.9. The monoisotopic (exact) mass is 1010 g/mol. The number of amides is 3. The molecule has 3 heterocycles. The molecule has 70 heavy (non-hydrogen) atoms. The molecule has 2 N–H and O–H groups in total. The van der Waals surface area contributed by atoms with Crippen LogP contribution >= 0.6 is 0 Å². The van der Waals surface area contributed by atoms with E-state index in [4.69, 9.17) is 38.4 Å². The number of cyclic esters (lactones) is 3. The van der Waals surface area contributed by atoms with E-state index in [-0.39, 0.29) is 17.1 Å². The van der Waals surface area contributed by atoms with Gasteiger partial charge in [0.25, 0.3) is 0 Å². The molecular weight excluding hydrogens is 968 g/mol. The predicted molar refractivity (Wildman–Crippen MR) is 237 cm³/mol. The van der Waals surface area contributed by atoms with Gasteiger partial charge in [0.1, 0.15) is 36.4 Å². The molecule has 378 valence electrons. The summed E-state index contributed by atoms with van der Waals surface area (Å²) in [5, 5.41) is 19.5. The van der Waals surface area contributed by atoms with Crippen molar-refractivity contribution in [2.24, 2.45) is 0 Å². The molecule has 1 unspecified atom stereocenters. The summed E-state index contributed by atoms with van der Waals surface area (Å²) in [5.74, 6) is 0. The van der Waals surface area contributed by atoms with Crippen LogP contribution in [0.1, 0.15) is 58.2 Å². The molecule has 0 radical (unpaired) electrons. The first-order valence-corrected chi connectivity index (χ1v) is 24.4. The van der Waals surface area contributed by atoms with E-state index in [1.807, 2.05) is 19.6 Å². The molecule has 0 bridgehead atoms. The lowest BCUT2D eigenvalue weighted by atomic mass is 10.0. The van der Waals surface area contributed by atoms with Gasteiger partial charge in [0.2, 0.25) is 0 Å². The van der Waals surface area contributed by atoms with Crippen molar-refractivity contribution >= 4 is 60.7 Å². The summed E-state index contributed by atoms with van der Waals surface area (Å²) in [6.45, 7) is 35.9. The Labute approximate surface area is 397 Å².